The van der Waals surface area contributed by atoms with E-state index in [9.17, 15) is 9.46 Å². The van der Waals surface area contributed by atoms with E-state index < -0.39 is 14.6 Å². The van der Waals surface area contributed by atoms with E-state index in [1.165, 1.54) is 26.7 Å². The maximum Gasteiger partial charge on any atom is 0.309 e. The molecule has 1 saturated heterocycles. The molecule has 1 fully saturated rings. The quantitative estimate of drug-likeness (QED) is 0.676. The molecule has 0 bridgehead atoms. The molecule has 1 rings (SSSR count). The van der Waals surface area contributed by atoms with Crippen molar-refractivity contribution >= 4 is 8.03 Å². The molecule has 0 spiro atoms. The molecular weight excluding hydrogens is 265 g/mol. The van der Waals surface area contributed by atoms with Gasteiger partial charge in [-0.1, -0.05) is 4.57 Å². The molecule has 1 N–H and O–H groups in total. The Hall–Kier alpha value is -0.0600. The summed E-state index contributed by atoms with van der Waals surface area (Å²) in [5.74, 6) is -0.0800. The van der Waals surface area contributed by atoms with Crippen LogP contribution in [0.5, 0.6) is 0 Å². The average molecular weight is 296 g/mol. The van der Waals surface area contributed by atoms with Gasteiger partial charge < -0.3 is 19.3 Å². The Bertz CT molecular complexity index is 261. The Kier molecular flexibility index (Phi) is 10.5. The maximum atomic E-state index is 10.5. The highest BCUT2D eigenvalue weighted by atomic mass is 31.1. The predicted octanol–water partition coefficient (Wildman–Crippen LogP) is 0.0716. The van der Waals surface area contributed by atoms with E-state index in [1.807, 2.05) is 0 Å². The third-order valence-electron chi connectivity index (χ3n) is 3.41. The van der Waals surface area contributed by atoms with E-state index in [0.29, 0.717) is 13.0 Å². The lowest BCUT2D eigenvalue weighted by molar-refractivity contribution is -0.894. The summed E-state index contributed by atoms with van der Waals surface area (Å²) in [5.41, 5.74) is 0. The first kappa shape index (κ1) is 17.0. The fraction of sp³-hybridized carbons (Fsp3) is 1.00. The van der Waals surface area contributed by atoms with Crippen molar-refractivity contribution in [2.75, 3.05) is 46.1 Å². The van der Waals surface area contributed by atoms with E-state index in [4.69, 9.17) is 10.8 Å². The van der Waals surface area contributed by atoms with Crippen LogP contribution in [0.4, 0.5) is 0 Å². The lowest BCUT2D eigenvalue weighted by Crippen LogP contribution is -3.11. The van der Waals surface area contributed by atoms with Gasteiger partial charge in [0.05, 0.1) is 33.7 Å². The summed E-state index contributed by atoms with van der Waals surface area (Å²) in [7, 11) is -0.850. The molecule has 5 nitrogen and oxygen atoms in total. The Balaban J connectivity index is 0.000000441. The van der Waals surface area contributed by atoms with E-state index >= 15 is 0 Å². The van der Waals surface area contributed by atoms with Crippen LogP contribution in [0.3, 0.4) is 0 Å². The summed E-state index contributed by atoms with van der Waals surface area (Å²) < 4.78 is 27.9. The average Bonchev–Trinajstić information content (AvgIpc) is 2.72. The first-order valence-electron chi connectivity index (χ1n) is 7.58. The van der Waals surface area contributed by atoms with Crippen LogP contribution >= 0.6 is 8.03 Å². The molecule has 1 aliphatic heterocycles. The van der Waals surface area contributed by atoms with Crippen LogP contribution in [0, 0.1) is 5.92 Å². The summed E-state index contributed by atoms with van der Waals surface area (Å²) in [6.07, 6.45) is 0.344. The van der Waals surface area contributed by atoms with Gasteiger partial charge in [-0.3, -0.25) is 0 Å². The van der Waals surface area contributed by atoms with Gasteiger partial charge in [-0.2, -0.15) is 0 Å². The van der Waals surface area contributed by atoms with Crippen molar-refractivity contribution in [1.82, 2.24) is 0 Å². The Morgan fingerprint density at radius 3 is 2.37 bits per heavy atom. The van der Waals surface area contributed by atoms with Crippen LogP contribution in [0.15, 0.2) is 0 Å². The number of hydrogen-bond acceptors (Lipinski definition) is 4. The van der Waals surface area contributed by atoms with Crippen LogP contribution in [0.25, 0.3) is 0 Å². The minimum atomic E-state index is -2.39. The summed E-state index contributed by atoms with van der Waals surface area (Å²) in [6, 6.07) is 0. The molecule has 114 valence electrons. The molecule has 0 saturated carbocycles. The summed E-state index contributed by atoms with van der Waals surface area (Å²) in [5, 5.41) is 0. The van der Waals surface area contributed by atoms with Gasteiger partial charge in [0.1, 0.15) is 6.16 Å². The first-order valence-corrected chi connectivity index (χ1v) is 8.36. The molecule has 1 aliphatic rings. The van der Waals surface area contributed by atoms with E-state index in [1.54, 1.807) is 4.90 Å². The first-order chi connectivity index (χ1) is 9.48. The molecule has 1 heterocycles. The van der Waals surface area contributed by atoms with Gasteiger partial charge in [0.15, 0.2) is 0 Å². The minimum absolute atomic E-state index is 0.0800. The monoisotopic (exact) mass is 296 g/mol. The second-order valence-electron chi connectivity index (χ2n) is 4.62. The summed E-state index contributed by atoms with van der Waals surface area (Å²) in [6.45, 7) is 10.3. The zero-order valence-corrected chi connectivity index (χ0v) is 13.4. The fourth-order valence-electron chi connectivity index (χ4n) is 2.04. The molecule has 1 unspecified atom stereocenters. The topological polar surface area (TPSA) is 63.0 Å². The molecule has 0 radical (unpaired) electrons. The van der Waals surface area contributed by atoms with Gasteiger partial charge in [0, 0.05) is 19.6 Å². The zero-order chi connectivity index (χ0) is 15.5. The predicted molar refractivity (Wildman–Crippen MR) is 74.8 cm³/mol. The zero-order valence-electron chi connectivity index (χ0n) is 13.6. The van der Waals surface area contributed by atoms with Gasteiger partial charge >= 0.3 is 8.03 Å². The number of methoxy groups -OCH3 is 1. The smallest absolute Gasteiger partial charge is 0.309 e. The van der Waals surface area contributed by atoms with Crippen molar-refractivity contribution < 1.29 is 25.2 Å². The summed E-state index contributed by atoms with van der Waals surface area (Å²) >= 11 is 0. The molecular formula is C13H29NO4P+. The van der Waals surface area contributed by atoms with Gasteiger partial charge in [0.25, 0.3) is 0 Å². The highest BCUT2D eigenvalue weighted by molar-refractivity contribution is 7.36. The highest BCUT2D eigenvalue weighted by Crippen LogP contribution is 2.27. The van der Waals surface area contributed by atoms with Gasteiger partial charge in [-0.25, -0.2) is 0 Å². The third kappa shape index (κ3) is 8.66. The van der Waals surface area contributed by atoms with Crippen molar-refractivity contribution in [2.24, 2.45) is 5.92 Å². The number of ether oxygens (including phenoxy) is 2. The molecule has 19 heavy (non-hydrogen) atoms. The lowest BCUT2D eigenvalue weighted by atomic mass is 10.1. The van der Waals surface area contributed by atoms with Crippen molar-refractivity contribution in [3.8, 4) is 0 Å². The number of nitrogens with one attached hydrogen (secondary N) is 1. The van der Waals surface area contributed by atoms with Crippen LogP contribution in [-0.4, -0.2) is 52.2 Å². The molecule has 0 aliphatic carbocycles. The fourth-order valence-corrected chi connectivity index (χ4v) is 2.81. The third-order valence-corrected chi connectivity index (χ3v) is 4.18. The van der Waals surface area contributed by atoms with E-state index in [-0.39, 0.29) is 18.2 Å². The van der Waals surface area contributed by atoms with E-state index in [0.717, 1.165) is 0 Å². The molecule has 0 aromatic carbocycles. The largest absolute Gasteiger partial charge is 0.596 e. The van der Waals surface area contributed by atoms with Crippen LogP contribution < -0.4 is 9.79 Å². The number of rotatable bonds is 7. The highest BCUT2D eigenvalue weighted by Gasteiger charge is 2.31. The Morgan fingerprint density at radius 1 is 1.42 bits per heavy atom. The SMILES string of the molecule is CC[NH+](CC)CC.[3H][C@@H]1C[C@H](C[P+](=O)[O-])[C@@H](COC)O1. The molecule has 6 heteroatoms. The molecule has 4 atom stereocenters. The van der Waals surface area contributed by atoms with Gasteiger partial charge in [-0.15, -0.1) is 0 Å². The number of hydrogen-bond donors (Lipinski definition) is 1. The lowest BCUT2D eigenvalue weighted by Gasteiger charge is -2.13. The van der Waals surface area contributed by atoms with Crippen molar-refractivity contribution in [2.45, 2.75) is 33.3 Å². The van der Waals surface area contributed by atoms with Crippen LogP contribution in [0.1, 0.15) is 28.6 Å². The maximum absolute atomic E-state index is 10.5. The molecule has 0 aromatic heterocycles. The molecule has 0 amide bonds. The number of quaternary nitrogens is 1. The minimum Gasteiger partial charge on any atom is -0.596 e. The Labute approximate surface area is 119 Å². The standard InChI is InChI=1S/C7H13O4P.C6H15N/c1-10-4-7-6(2-3-11-7)5-12(8)9;1-4-7(5-2)6-3/h6-7H,2-5H2,1H3;4-6H2,1-3H3/p+1/t6-,7-;/m1./s1/i3T;/t3-,6-,7-;. The van der Waals surface area contributed by atoms with Crippen molar-refractivity contribution in [3.63, 3.8) is 0 Å². The molecule has 0 aromatic rings. The van der Waals surface area contributed by atoms with Gasteiger partial charge in [-0.05, 0) is 27.2 Å². The normalized spacial score (nSPS) is 27.8. The van der Waals surface area contributed by atoms with E-state index in [2.05, 4.69) is 20.8 Å². The van der Waals surface area contributed by atoms with Crippen LogP contribution in [-0.2, 0) is 14.0 Å². The summed E-state index contributed by atoms with van der Waals surface area (Å²) in [4.78, 5) is 12.2. The second kappa shape index (κ2) is 11.7. The van der Waals surface area contributed by atoms with Crippen LogP contribution in [0.2, 0.25) is 0 Å². The Morgan fingerprint density at radius 2 is 2.00 bits per heavy atom. The van der Waals surface area contributed by atoms with Crippen molar-refractivity contribution in [1.29, 1.82) is 0 Å². The van der Waals surface area contributed by atoms with Crippen molar-refractivity contribution in [3.05, 3.63) is 0 Å². The second-order valence-corrected chi connectivity index (χ2v) is 5.65. The van der Waals surface area contributed by atoms with Gasteiger partial charge in [0.2, 0.25) is 0 Å².